The van der Waals surface area contributed by atoms with Crippen molar-refractivity contribution in [3.05, 3.63) is 24.0 Å². The third kappa shape index (κ3) is 3.54. The lowest BCUT2D eigenvalue weighted by atomic mass is 10.2. The first-order chi connectivity index (χ1) is 7.65. The topological polar surface area (TPSA) is 72.1 Å². The zero-order valence-electron chi connectivity index (χ0n) is 9.09. The van der Waals surface area contributed by atoms with Crippen LogP contribution >= 0.6 is 12.2 Å². The molecule has 0 fully saturated rings. The molecule has 1 aromatic rings. The van der Waals surface area contributed by atoms with Gasteiger partial charge in [-0.2, -0.15) is 10.2 Å². The van der Waals surface area contributed by atoms with E-state index in [1.807, 2.05) is 6.92 Å². The van der Waals surface area contributed by atoms with Crippen LogP contribution in [-0.2, 0) is 0 Å². The van der Waals surface area contributed by atoms with Crippen molar-refractivity contribution in [2.24, 2.45) is 5.73 Å². The zero-order chi connectivity index (χ0) is 12.0. The second kappa shape index (κ2) is 6.12. The number of hydrogen-bond donors (Lipinski definition) is 1. The van der Waals surface area contributed by atoms with E-state index < -0.39 is 0 Å². The standard InChI is InChI=1S/C10H14N4OS/c1-2-14(6-4-9(11)16)10(15)8-3-5-12-13-7-8/h3,5,7H,2,4,6H2,1H3,(H2,11,16). The van der Waals surface area contributed by atoms with E-state index in [-0.39, 0.29) is 5.91 Å². The average molecular weight is 238 g/mol. The number of carbonyl (C=O) groups excluding carboxylic acids is 1. The monoisotopic (exact) mass is 238 g/mol. The smallest absolute Gasteiger partial charge is 0.255 e. The maximum Gasteiger partial charge on any atom is 0.255 e. The van der Waals surface area contributed by atoms with E-state index >= 15 is 0 Å². The average Bonchev–Trinajstić information content (AvgIpc) is 2.30. The third-order valence-electron chi connectivity index (χ3n) is 2.13. The first-order valence-corrected chi connectivity index (χ1v) is 5.40. The van der Waals surface area contributed by atoms with Gasteiger partial charge in [0.25, 0.3) is 5.91 Å². The highest BCUT2D eigenvalue weighted by Crippen LogP contribution is 2.03. The molecule has 1 heterocycles. The highest BCUT2D eigenvalue weighted by Gasteiger charge is 2.13. The third-order valence-corrected chi connectivity index (χ3v) is 2.33. The summed E-state index contributed by atoms with van der Waals surface area (Å²) >= 11 is 4.78. The molecule has 2 N–H and O–H groups in total. The second-order valence-electron chi connectivity index (χ2n) is 3.23. The highest BCUT2D eigenvalue weighted by atomic mass is 32.1. The number of rotatable bonds is 5. The number of carbonyl (C=O) groups is 1. The van der Waals surface area contributed by atoms with Crippen molar-refractivity contribution in [3.8, 4) is 0 Å². The molecule has 0 saturated heterocycles. The minimum absolute atomic E-state index is 0.0753. The van der Waals surface area contributed by atoms with E-state index in [9.17, 15) is 4.79 Å². The van der Waals surface area contributed by atoms with Crippen LogP contribution in [0.25, 0.3) is 0 Å². The minimum atomic E-state index is -0.0753. The van der Waals surface area contributed by atoms with E-state index in [4.69, 9.17) is 18.0 Å². The molecule has 16 heavy (non-hydrogen) atoms. The van der Waals surface area contributed by atoms with Crippen molar-refractivity contribution in [3.63, 3.8) is 0 Å². The first-order valence-electron chi connectivity index (χ1n) is 4.99. The Kier molecular flexibility index (Phi) is 4.78. The van der Waals surface area contributed by atoms with Gasteiger partial charge in [0, 0.05) is 19.5 Å². The van der Waals surface area contributed by atoms with Gasteiger partial charge in [0.1, 0.15) is 0 Å². The van der Waals surface area contributed by atoms with Crippen molar-refractivity contribution in [1.82, 2.24) is 15.1 Å². The van der Waals surface area contributed by atoms with Crippen LogP contribution in [0.1, 0.15) is 23.7 Å². The Balaban J connectivity index is 2.66. The molecule has 0 spiro atoms. The zero-order valence-corrected chi connectivity index (χ0v) is 9.91. The Morgan fingerprint density at radius 1 is 1.56 bits per heavy atom. The van der Waals surface area contributed by atoms with Gasteiger partial charge in [-0.05, 0) is 13.0 Å². The van der Waals surface area contributed by atoms with Gasteiger partial charge in [-0.1, -0.05) is 12.2 Å². The van der Waals surface area contributed by atoms with Gasteiger partial charge in [0.15, 0.2) is 0 Å². The lowest BCUT2D eigenvalue weighted by Crippen LogP contribution is -2.33. The number of nitrogens with two attached hydrogens (primary N) is 1. The van der Waals surface area contributed by atoms with Crippen LogP contribution < -0.4 is 5.73 Å². The van der Waals surface area contributed by atoms with Gasteiger partial charge in [-0.3, -0.25) is 4.79 Å². The predicted molar refractivity (Wildman–Crippen MR) is 65.0 cm³/mol. The molecular formula is C10H14N4OS. The summed E-state index contributed by atoms with van der Waals surface area (Å²) in [5.41, 5.74) is 5.93. The molecule has 5 nitrogen and oxygen atoms in total. The van der Waals surface area contributed by atoms with Crippen LogP contribution in [0.15, 0.2) is 18.5 Å². The summed E-state index contributed by atoms with van der Waals surface area (Å²) in [4.78, 5) is 14.1. The van der Waals surface area contributed by atoms with E-state index in [1.54, 1.807) is 11.0 Å². The Hall–Kier alpha value is -1.56. The molecular weight excluding hydrogens is 224 g/mol. The Bertz CT molecular complexity index is 368. The molecule has 1 amide bonds. The summed E-state index contributed by atoms with van der Waals surface area (Å²) in [6.07, 6.45) is 3.48. The van der Waals surface area contributed by atoms with Gasteiger partial charge in [-0.15, -0.1) is 0 Å². The maximum atomic E-state index is 12.0. The molecule has 0 atom stereocenters. The van der Waals surface area contributed by atoms with E-state index in [0.29, 0.717) is 30.1 Å². The number of aromatic nitrogens is 2. The highest BCUT2D eigenvalue weighted by molar-refractivity contribution is 7.80. The van der Waals surface area contributed by atoms with Crippen molar-refractivity contribution >= 4 is 23.1 Å². The van der Waals surface area contributed by atoms with Crippen molar-refractivity contribution in [2.45, 2.75) is 13.3 Å². The van der Waals surface area contributed by atoms with Crippen LogP contribution in [0.5, 0.6) is 0 Å². The van der Waals surface area contributed by atoms with Gasteiger partial charge in [0.2, 0.25) is 0 Å². The maximum absolute atomic E-state index is 12.0. The molecule has 0 aliphatic carbocycles. The molecule has 86 valence electrons. The quantitative estimate of drug-likeness (QED) is 0.761. The first kappa shape index (κ1) is 12.5. The molecule has 0 aliphatic rings. The molecule has 0 saturated carbocycles. The molecule has 1 aromatic heterocycles. The Labute approximate surface area is 99.6 Å². The van der Waals surface area contributed by atoms with Crippen LogP contribution in [-0.4, -0.2) is 39.1 Å². The van der Waals surface area contributed by atoms with Gasteiger partial charge in [-0.25, -0.2) is 0 Å². The van der Waals surface area contributed by atoms with Gasteiger partial charge in [0.05, 0.1) is 22.9 Å². The Morgan fingerprint density at radius 2 is 2.31 bits per heavy atom. The summed E-state index contributed by atoms with van der Waals surface area (Å²) in [6.45, 7) is 3.06. The molecule has 6 heteroatoms. The fourth-order valence-electron chi connectivity index (χ4n) is 1.25. The fourth-order valence-corrected chi connectivity index (χ4v) is 1.34. The summed E-state index contributed by atoms with van der Waals surface area (Å²) in [7, 11) is 0. The van der Waals surface area contributed by atoms with Gasteiger partial charge < -0.3 is 10.6 Å². The summed E-state index contributed by atoms with van der Waals surface area (Å²) in [5.74, 6) is -0.0753. The minimum Gasteiger partial charge on any atom is -0.393 e. The molecule has 0 bridgehead atoms. The lowest BCUT2D eigenvalue weighted by Gasteiger charge is -2.20. The lowest BCUT2D eigenvalue weighted by molar-refractivity contribution is 0.0768. The molecule has 0 aliphatic heterocycles. The summed E-state index contributed by atoms with van der Waals surface area (Å²) in [5, 5.41) is 7.30. The summed E-state index contributed by atoms with van der Waals surface area (Å²) in [6, 6.07) is 1.64. The summed E-state index contributed by atoms with van der Waals surface area (Å²) < 4.78 is 0. The normalized spacial score (nSPS) is 9.81. The second-order valence-corrected chi connectivity index (χ2v) is 3.76. The van der Waals surface area contributed by atoms with E-state index in [1.165, 1.54) is 12.4 Å². The predicted octanol–water partition coefficient (Wildman–Crippen LogP) is 0.615. The van der Waals surface area contributed by atoms with Crippen LogP contribution in [0.4, 0.5) is 0 Å². The number of thiocarbonyl (C=S) groups is 1. The molecule has 0 aromatic carbocycles. The number of nitrogens with zero attached hydrogens (tertiary/aromatic N) is 3. The molecule has 1 rings (SSSR count). The molecule has 0 unspecified atom stereocenters. The van der Waals surface area contributed by atoms with Crippen LogP contribution in [0, 0.1) is 0 Å². The van der Waals surface area contributed by atoms with Crippen LogP contribution in [0.2, 0.25) is 0 Å². The van der Waals surface area contributed by atoms with Crippen molar-refractivity contribution in [1.29, 1.82) is 0 Å². The number of amides is 1. The number of hydrogen-bond acceptors (Lipinski definition) is 4. The SMILES string of the molecule is CCN(CCC(N)=S)C(=O)c1ccnnc1. The fraction of sp³-hybridized carbons (Fsp3) is 0.400. The molecule has 0 radical (unpaired) electrons. The van der Waals surface area contributed by atoms with Crippen molar-refractivity contribution in [2.75, 3.05) is 13.1 Å². The Morgan fingerprint density at radius 3 is 2.81 bits per heavy atom. The largest absolute Gasteiger partial charge is 0.393 e. The van der Waals surface area contributed by atoms with E-state index in [2.05, 4.69) is 10.2 Å². The van der Waals surface area contributed by atoms with Gasteiger partial charge >= 0.3 is 0 Å². The van der Waals surface area contributed by atoms with E-state index in [0.717, 1.165) is 0 Å². The van der Waals surface area contributed by atoms with Crippen molar-refractivity contribution < 1.29 is 4.79 Å². The van der Waals surface area contributed by atoms with Crippen LogP contribution in [0.3, 0.4) is 0 Å².